The lowest BCUT2D eigenvalue weighted by molar-refractivity contribution is -0.155. The van der Waals surface area contributed by atoms with Crippen LogP contribution < -0.4 is 9.47 Å². The maximum Gasteiger partial charge on any atom is 0.306 e. The van der Waals surface area contributed by atoms with Gasteiger partial charge in [0.15, 0.2) is 23.1 Å². The zero-order valence-corrected chi connectivity index (χ0v) is 21.0. The minimum atomic E-state index is -1.41. The Kier molecular flexibility index (Phi) is 7.02. The lowest BCUT2D eigenvalue weighted by Gasteiger charge is -2.28. The Balaban J connectivity index is 1.70. The van der Waals surface area contributed by atoms with E-state index in [1.54, 1.807) is 49.6 Å². The normalized spacial score (nSPS) is 17.4. The van der Waals surface area contributed by atoms with Gasteiger partial charge in [-0.2, -0.15) is 0 Å². The zero-order chi connectivity index (χ0) is 25.2. The molecular weight excluding hydrogens is 444 g/mol. The summed E-state index contributed by atoms with van der Waals surface area (Å²) in [5, 5.41) is 0. The fourth-order valence-electron chi connectivity index (χ4n) is 5.19. The summed E-state index contributed by atoms with van der Waals surface area (Å²) in [7, 11) is 1.58. The second-order valence-electron chi connectivity index (χ2n) is 10.4. The van der Waals surface area contributed by atoms with Crippen molar-refractivity contribution in [3.8, 4) is 11.5 Å². The summed E-state index contributed by atoms with van der Waals surface area (Å²) < 4.78 is 17.2. The Morgan fingerprint density at radius 3 is 2.17 bits per heavy atom. The number of hydrogen-bond acceptors (Lipinski definition) is 6. The van der Waals surface area contributed by atoms with E-state index in [0.29, 0.717) is 34.6 Å². The third-order valence-corrected chi connectivity index (χ3v) is 6.80. The van der Waals surface area contributed by atoms with Crippen LogP contribution in [-0.4, -0.2) is 36.4 Å². The van der Waals surface area contributed by atoms with Gasteiger partial charge in [-0.15, -0.1) is 0 Å². The van der Waals surface area contributed by atoms with Crippen LogP contribution in [-0.2, 0) is 14.9 Å². The van der Waals surface area contributed by atoms with Crippen LogP contribution in [0.15, 0.2) is 42.5 Å². The molecular formula is C29H34O6. The van der Waals surface area contributed by atoms with Crippen molar-refractivity contribution < 1.29 is 28.6 Å². The summed E-state index contributed by atoms with van der Waals surface area (Å²) in [4.78, 5) is 40.0. The molecule has 0 bridgehead atoms. The second kappa shape index (κ2) is 9.84. The number of carbonyl (C=O) groups is 3. The van der Waals surface area contributed by atoms with Crippen LogP contribution in [0.4, 0.5) is 0 Å². The van der Waals surface area contributed by atoms with Crippen molar-refractivity contribution in [2.45, 2.75) is 82.8 Å². The predicted molar refractivity (Wildman–Crippen MR) is 132 cm³/mol. The molecule has 0 spiro atoms. The Labute approximate surface area is 207 Å². The minimum absolute atomic E-state index is 0.0921. The molecule has 0 N–H and O–H groups in total. The zero-order valence-electron chi connectivity index (χ0n) is 21.0. The van der Waals surface area contributed by atoms with Crippen molar-refractivity contribution >= 4 is 17.5 Å². The van der Waals surface area contributed by atoms with Gasteiger partial charge in [0.05, 0.1) is 13.2 Å². The molecule has 0 saturated heterocycles. The number of ether oxygens (including phenoxy) is 3. The molecule has 2 aromatic carbocycles. The predicted octanol–water partition coefficient (Wildman–Crippen LogP) is 5.85. The number of fused-ring (bicyclic) bond motifs is 1. The third kappa shape index (κ3) is 4.97. The number of benzene rings is 2. The highest BCUT2D eigenvalue weighted by Crippen LogP contribution is 2.46. The fourth-order valence-corrected chi connectivity index (χ4v) is 5.19. The number of hydrogen-bond donors (Lipinski definition) is 0. The van der Waals surface area contributed by atoms with E-state index in [4.69, 9.17) is 14.2 Å². The average molecular weight is 479 g/mol. The maximum absolute atomic E-state index is 13.8. The lowest BCUT2D eigenvalue weighted by Crippen LogP contribution is -2.38. The molecule has 0 aromatic heterocycles. The van der Waals surface area contributed by atoms with Gasteiger partial charge in [-0.1, -0.05) is 30.3 Å². The van der Waals surface area contributed by atoms with Crippen molar-refractivity contribution in [3.63, 3.8) is 0 Å². The van der Waals surface area contributed by atoms with E-state index in [1.807, 2.05) is 20.8 Å². The summed E-state index contributed by atoms with van der Waals surface area (Å²) in [6, 6.07) is 12.3. The van der Waals surface area contributed by atoms with Crippen molar-refractivity contribution in [1.29, 1.82) is 0 Å². The molecule has 6 heteroatoms. The van der Waals surface area contributed by atoms with E-state index in [0.717, 1.165) is 25.7 Å². The SMILES string of the molecule is COc1ccc(C2(CCCC(=O)OC(C)(C)C)C(=O)c3ccccc3C2=O)cc1OC1CCCC1. The molecule has 2 aliphatic rings. The van der Waals surface area contributed by atoms with Crippen LogP contribution in [0.2, 0.25) is 0 Å². The van der Waals surface area contributed by atoms with Crippen LogP contribution in [0.3, 0.4) is 0 Å². The summed E-state index contributed by atoms with van der Waals surface area (Å²) in [6.45, 7) is 5.45. The second-order valence-corrected chi connectivity index (χ2v) is 10.4. The third-order valence-electron chi connectivity index (χ3n) is 6.80. The van der Waals surface area contributed by atoms with E-state index in [-0.39, 0.29) is 36.5 Å². The smallest absolute Gasteiger partial charge is 0.306 e. The highest BCUT2D eigenvalue weighted by Gasteiger charge is 2.53. The van der Waals surface area contributed by atoms with Crippen molar-refractivity contribution in [3.05, 3.63) is 59.2 Å². The first kappa shape index (κ1) is 25.0. The monoisotopic (exact) mass is 478 g/mol. The van der Waals surface area contributed by atoms with Gasteiger partial charge in [0, 0.05) is 17.5 Å². The highest BCUT2D eigenvalue weighted by atomic mass is 16.6. The van der Waals surface area contributed by atoms with E-state index >= 15 is 0 Å². The Morgan fingerprint density at radius 2 is 1.60 bits per heavy atom. The topological polar surface area (TPSA) is 78.9 Å². The van der Waals surface area contributed by atoms with E-state index in [2.05, 4.69) is 0 Å². The van der Waals surface area contributed by atoms with Crippen LogP contribution in [0.25, 0.3) is 0 Å². The van der Waals surface area contributed by atoms with Crippen molar-refractivity contribution in [2.24, 2.45) is 0 Å². The number of Topliss-reactive ketones (excluding diaryl/α,β-unsaturated/α-hetero) is 2. The van der Waals surface area contributed by atoms with E-state index in [9.17, 15) is 14.4 Å². The van der Waals surface area contributed by atoms with Gasteiger partial charge in [0.25, 0.3) is 0 Å². The number of esters is 1. The standard InChI is InChI=1S/C29H34O6/c1-28(2,3)35-25(30)14-9-17-29(26(31)21-12-7-8-13-22(21)27(29)32)19-15-16-23(33-4)24(18-19)34-20-10-5-6-11-20/h7-8,12-13,15-16,18,20H,5-6,9-11,14,17H2,1-4H3. The number of rotatable bonds is 8. The van der Waals surface area contributed by atoms with Gasteiger partial charge in [-0.25, -0.2) is 0 Å². The van der Waals surface area contributed by atoms with Crippen LogP contribution in [0.5, 0.6) is 11.5 Å². The Morgan fingerprint density at radius 1 is 0.971 bits per heavy atom. The quantitative estimate of drug-likeness (QED) is 0.350. The van der Waals surface area contributed by atoms with Gasteiger partial charge < -0.3 is 14.2 Å². The average Bonchev–Trinajstić information content (AvgIpc) is 3.39. The Bertz CT molecular complexity index is 1090. The van der Waals surface area contributed by atoms with Crippen molar-refractivity contribution in [2.75, 3.05) is 7.11 Å². The molecule has 6 nitrogen and oxygen atoms in total. The van der Waals surface area contributed by atoms with Crippen LogP contribution >= 0.6 is 0 Å². The molecule has 2 aromatic rings. The minimum Gasteiger partial charge on any atom is -0.493 e. The fraction of sp³-hybridized carbons (Fsp3) is 0.483. The van der Waals surface area contributed by atoms with Gasteiger partial charge in [0.1, 0.15) is 11.0 Å². The molecule has 0 aliphatic heterocycles. The molecule has 35 heavy (non-hydrogen) atoms. The van der Waals surface area contributed by atoms with Crippen LogP contribution in [0.1, 0.15) is 92.0 Å². The summed E-state index contributed by atoms with van der Waals surface area (Å²) in [5.74, 6) is 0.293. The highest BCUT2D eigenvalue weighted by molar-refractivity contribution is 6.33. The molecule has 0 amide bonds. The van der Waals surface area contributed by atoms with E-state index in [1.165, 1.54) is 0 Å². The molecule has 0 atom stereocenters. The van der Waals surface area contributed by atoms with Gasteiger partial charge in [-0.05, 0) is 77.0 Å². The largest absolute Gasteiger partial charge is 0.493 e. The molecule has 2 aliphatic carbocycles. The van der Waals surface area contributed by atoms with Crippen LogP contribution in [0, 0.1) is 0 Å². The summed E-state index contributed by atoms with van der Waals surface area (Å²) >= 11 is 0. The molecule has 186 valence electrons. The summed E-state index contributed by atoms with van der Waals surface area (Å²) in [5.41, 5.74) is -0.590. The molecule has 0 radical (unpaired) electrons. The number of methoxy groups -OCH3 is 1. The van der Waals surface area contributed by atoms with Crippen molar-refractivity contribution in [1.82, 2.24) is 0 Å². The molecule has 1 fully saturated rings. The van der Waals surface area contributed by atoms with E-state index < -0.39 is 11.0 Å². The van der Waals surface area contributed by atoms with Gasteiger partial charge in [0.2, 0.25) is 0 Å². The molecule has 4 rings (SSSR count). The first-order valence-electron chi connectivity index (χ1n) is 12.4. The first-order valence-corrected chi connectivity index (χ1v) is 12.4. The molecule has 0 unspecified atom stereocenters. The van der Waals surface area contributed by atoms with Gasteiger partial charge in [-0.3, -0.25) is 14.4 Å². The molecule has 1 saturated carbocycles. The Hall–Kier alpha value is -3.15. The van der Waals surface area contributed by atoms with Gasteiger partial charge >= 0.3 is 5.97 Å². The molecule has 0 heterocycles. The number of ketones is 2. The number of carbonyl (C=O) groups excluding carboxylic acids is 3. The summed E-state index contributed by atoms with van der Waals surface area (Å²) in [6.07, 6.45) is 4.93. The lowest BCUT2D eigenvalue weighted by atomic mass is 9.72. The first-order chi connectivity index (χ1) is 16.7. The maximum atomic E-state index is 13.8.